The van der Waals surface area contributed by atoms with Gasteiger partial charge in [0.1, 0.15) is 0 Å². The summed E-state index contributed by atoms with van der Waals surface area (Å²) in [5.41, 5.74) is -1.29. The molecule has 0 unspecified atom stereocenters. The van der Waals surface area contributed by atoms with Crippen LogP contribution >= 0.6 is 0 Å². The van der Waals surface area contributed by atoms with Gasteiger partial charge in [0.05, 0.1) is 0 Å². The maximum atomic E-state index is 10.6. The van der Waals surface area contributed by atoms with Crippen molar-refractivity contribution in [2.75, 3.05) is 0 Å². The molecule has 0 N–H and O–H groups in total. The Bertz CT molecular complexity index is 318. The standard InChI is InChI=1S/2C10H20O2.Sn.2H/c2*1-4-5-6-7-8-10(2,3)9(11)12;;;/h2*4-8H2,1-3H3,(H,11,12);;;/q;;+2;;/p-2. The maximum absolute atomic E-state index is 10.6. The number of rotatable bonds is 12. The minimum absolute atomic E-state index is 0. The number of carboxylic acid groups (broad SMARTS) is 2. The fourth-order valence-corrected chi connectivity index (χ4v) is 2.19. The average molecular weight is 463 g/mol. The monoisotopic (exact) mass is 464 g/mol. The van der Waals surface area contributed by atoms with Gasteiger partial charge in [-0.15, -0.1) is 0 Å². The summed E-state index contributed by atoms with van der Waals surface area (Å²) in [6, 6.07) is 0. The van der Waals surface area contributed by atoms with Crippen LogP contribution in [0.3, 0.4) is 0 Å². The molecule has 25 heavy (non-hydrogen) atoms. The first kappa shape index (κ1) is 29.5. The topological polar surface area (TPSA) is 80.3 Å². The van der Waals surface area contributed by atoms with Crippen LogP contribution in [-0.4, -0.2) is 35.8 Å². The van der Waals surface area contributed by atoms with Crippen molar-refractivity contribution in [1.29, 1.82) is 0 Å². The molecule has 0 aliphatic rings. The van der Waals surface area contributed by atoms with Gasteiger partial charge in [-0.3, -0.25) is 0 Å². The summed E-state index contributed by atoms with van der Waals surface area (Å²) in [6.07, 6.45) is 10.5. The van der Waals surface area contributed by atoms with Gasteiger partial charge in [-0.1, -0.05) is 92.9 Å². The third kappa shape index (κ3) is 16.9. The van der Waals surface area contributed by atoms with Crippen molar-refractivity contribution in [3.8, 4) is 0 Å². The Kier molecular flexibility index (Phi) is 18.8. The summed E-state index contributed by atoms with van der Waals surface area (Å²) in [4.78, 5) is 21.1. The zero-order valence-corrected chi connectivity index (χ0v) is 21.4. The average Bonchev–Trinajstić information content (AvgIpc) is 2.48. The van der Waals surface area contributed by atoms with Crippen molar-refractivity contribution >= 4 is 35.8 Å². The molecule has 0 radical (unpaired) electrons. The van der Waals surface area contributed by atoms with Gasteiger partial charge in [0.2, 0.25) is 0 Å². The predicted molar refractivity (Wildman–Crippen MR) is 104 cm³/mol. The molecule has 0 fully saturated rings. The van der Waals surface area contributed by atoms with Gasteiger partial charge in [0, 0.05) is 22.8 Å². The fraction of sp³-hybridized carbons (Fsp3) is 0.900. The molecule has 0 saturated heterocycles. The van der Waals surface area contributed by atoms with Gasteiger partial charge < -0.3 is 19.8 Å². The van der Waals surface area contributed by atoms with Gasteiger partial charge in [-0.25, -0.2) is 0 Å². The SMILES string of the molecule is CCCCCCC(C)(C)C(=O)[O-].CCCCCCC(C)(C)C(=O)[O-].[SnH2+2]. The minimum atomic E-state index is -0.931. The van der Waals surface area contributed by atoms with Gasteiger partial charge in [0.15, 0.2) is 0 Å². The van der Waals surface area contributed by atoms with E-state index in [0.717, 1.165) is 38.5 Å². The van der Waals surface area contributed by atoms with Gasteiger partial charge in [-0.2, -0.15) is 0 Å². The molecule has 0 aromatic rings. The van der Waals surface area contributed by atoms with Crippen molar-refractivity contribution < 1.29 is 19.8 Å². The molecule has 5 heteroatoms. The Hall–Kier alpha value is -0.261. The van der Waals surface area contributed by atoms with Crippen LogP contribution in [0.5, 0.6) is 0 Å². The van der Waals surface area contributed by atoms with E-state index in [0.29, 0.717) is 0 Å². The molecule has 0 heterocycles. The normalized spacial score (nSPS) is 11.1. The van der Waals surface area contributed by atoms with Crippen LogP contribution in [0.4, 0.5) is 0 Å². The molecular formula is C20H40O4Sn. The number of carboxylic acids is 2. The third-order valence-corrected chi connectivity index (χ3v) is 4.42. The summed E-state index contributed by atoms with van der Waals surface area (Å²) in [5, 5.41) is 21.1. The first-order valence-corrected chi connectivity index (χ1v) is 9.44. The number of carbonyl (C=O) groups is 2. The molecule has 0 atom stereocenters. The van der Waals surface area contributed by atoms with E-state index in [1.165, 1.54) is 25.7 Å². The second-order valence-electron chi connectivity index (χ2n) is 7.96. The summed E-state index contributed by atoms with van der Waals surface area (Å²) < 4.78 is 0. The Morgan fingerprint density at radius 2 is 0.920 bits per heavy atom. The predicted octanol–water partition coefficient (Wildman–Crippen LogP) is 2.55. The molecule has 0 amide bonds. The molecule has 0 rings (SSSR count). The van der Waals surface area contributed by atoms with Crippen LogP contribution in [-0.2, 0) is 9.59 Å². The molecular weight excluding hydrogens is 423 g/mol. The number of unbranched alkanes of at least 4 members (excludes halogenated alkanes) is 6. The van der Waals surface area contributed by atoms with Gasteiger partial charge in [0.25, 0.3) is 0 Å². The Morgan fingerprint density at radius 1 is 0.640 bits per heavy atom. The summed E-state index contributed by atoms with van der Waals surface area (Å²) in [7, 11) is 0. The van der Waals surface area contributed by atoms with E-state index in [2.05, 4.69) is 13.8 Å². The van der Waals surface area contributed by atoms with Gasteiger partial charge >= 0.3 is 23.9 Å². The van der Waals surface area contributed by atoms with E-state index in [9.17, 15) is 19.8 Å². The molecule has 0 aliphatic heterocycles. The molecule has 0 aromatic heterocycles. The second kappa shape index (κ2) is 16.0. The van der Waals surface area contributed by atoms with Crippen molar-refractivity contribution in [2.45, 2.75) is 106 Å². The Morgan fingerprint density at radius 3 is 1.12 bits per heavy atom. The zero-order valence-electron chi connectivity index (χ0n) is 17.4. The molecule has 0 aromatic carbocycles. The van der Waals surface area contributed by atoms with E-state index < -0.39 is 22.8 Å². The Labute approximate surface area is 172 Å². The van der Waals surface area contributed by atoms with Crippen LogP contribution in [0.1, 0.15) is 106 Å². The fourth-order valence-electron chi connectivity index (χ4n) is 2.19. The first-order valence-electron chi connectivity index (χ1n) is 9.44. The van der Waals surface area contributed by atoms with E-state index in [1.54, 1.807) is 27.7 Å². The van der Waals surface area contributed by atoms with Crippen LogP contribution in [0.15, 0.2) is 0 Å². The number of carbonyl (C=O) groups excluding carboxylic acids is 2. The van der Waals surface area contributed by atoms with E-state index >= 15 is 0 Å². The van der Waals surface area contributed by atoms with E-state index in [4.69, 9.17) is 0 Å². The molecule has 148 valence electrons. The van der Waals surface area contributed by atoms with Crippen molar-refractivity contribution in [2.24, 2.45) is 10.8 Å². The van der Waals surface area contributed by atoms with E-state index in [-0.39, 0.29) is 23.9 Å². The third-order valence-electron chi connectivity index (χ3n) is 4.42. The summed E-state index contributed by atoms with van der Waals surface area (Å²) in [6.45, 7) is 11.2. The van der Waals surface area contributed by atoms with Crippen LogP contribution in [0.2, 0.25) is 0 Å². The van der Waals surface area contributed by atoms with Crippen LogP contribution < -0.4 is 10.2 Å². The van der Waals surface area contributed by atoms with E-state index in [1.807, 2.05) is 0 Å². The molecule has 0 bridgehead atoms. The molecule has 0 aliphatic carbocycles. The summed E-state index contributed by atoms with van der Waals surface area (Å²) >= 11 is 0. The zero-order chi connectivity index (χ0) is 19.2. The molecule has 4 nitrogen and oxygen atoms in total. The number of hydrogen-bond acceptors (Lipinski definition) is 4. The van der Waals surface area contributed by atoms with Crippen molar-refractivity contribution in [1.82, 2.24) is 0 Å². The van der Waals surface area contributed by atoms with Crippen molar-refractivity contribution in [3.63, 3.8) is 0 Å². The molecule has 0 saturated carbocycles. The van der Waals surface area contributed by atoms with Crippen LogP contribution in [0.25, 0.3) is 0 Å². The summed E-state index contributed by atoms with van der Waals surface area (Å²) in [5.74, 6) is -1.86. The first-order chi connectivity index (χ1) is 11.0. The quantitative estimate of drug-likeness (QED) is 0.329. The van der Waals surface area contributed by atoms with Gasteiger partial charge in [-0.05, 0) is 12.8 Å². The van der Waals surface area contributed by atoms with Crippen LogP contribution in [0, 0.1) is 10.8 Å². The Balaban J connectivity index is -0.000000372. The number of aliphatic carboxylic acids is 2. The second-order valence-corrected chi connectivity index (χ2v) is 7.96. The number of hydrogen-bond donors (Lipinski definition) is 0. The molecule has 0 spiro atoms. The van der Waals surface area contributed by atoms with Crippen molar-refractivity contribution in [3.05, 3.63) is 0 Å².